The predicted octanol–water partition coefficient (Wildman–Crippen LogP) is 3.62. The van der Waals surface area contributed by atoms with Crippen LogP contribution in [0.2, 0.25) is 0 Å². The second kappa shape index (κ2) is 7.08. The molecule has 1 aliphatic rings. The van der Waals surface area contributed by atoms with E-state index in [2.05, 4.69) is 69.9 Å². The van der Waals surface area contributed by atoms with Crippen molar-refractivity contribution in [3.05, 3.63) is 71.1 Å². The highest BCUT2D eigenvalue weighted by atomic mass is 15.3. The van der Waals surface area contributed by atoms with Gasteiger partial charge in [0.2, 0.25) is 0 Å². The number of aromatic nitrogens is 4. The van der Waals surface area contributed by atoms with Crippen LogP contribution >= 0.6 is 0 Å². The highest BCUT2D eigenvalue weighted by Gasteiger charge is 2.31. The van der Waals surface area contributed by atoms with Crippen molar-refractivity contribution in [3.8, 4) is 0 Å². The molecule has 0 aliphatic carbocycles. The predicted molar refractivity (Wildman–Crippen MR) is 103 cm³/mol. The van der Waals surface area contributed by atoms with Crippen molar-refractivity contribution in [2.24, 2.45) is 7.05 Å². The van der Waals surface area contributed by atoms with Crippen molar-refractivity contribution < 1.29 is 0 Å². The van der Waals surface area contributed by atoms with Crippen molar-refractivity contribution in [2.45, 2.75) is 45.8 Å². The minimum absolute atomic E-state index is 0.450. The monoisotopic (exact) mass is 349 g/mol. The highest BCUT2D eigenvalue weighted by molar-refractivity contribution is 5.29. The van der Waals surface area contributed by atoms with Crippen LogP contribution in [-0.2, 0) is 20.1 Å². The summed E-state index contributed by atoms with van der Waals surface area (Å²) in [6.07, 6.45) is 6.45. The molecular weight excluding hydrogens is 322 g/mol. The van der Waals surface area contributed by atoms with Crippen molar-refractivity contribution in [2.75, 3.05) is 6.54 Å². The zero-order chi connectivity index (χ0) is 18.1. The minimum Gasteiger partial charge on any atom is -0.329 e. The molecule has 1 atom stereocenters. The van der Waals surface area contributed by atoms with Crippen LogP contribution in [0.3, 0.4) is 0 Å². The molecule has 0 amide bonds. The van der Waals surface area contributed by atoms with E-state index in [4.69, 9.17) is 0 Å². The van der Waals surface area contributed by atoms with Gasteiger partial charge in [0.05, 0.1) is 12.2 Å². The van der Waals surface area contributed by atoms with Crippen molar-refractivity contribution in [1.29, 1.82) is 0 Å². The molecule has 0 radical (unpaired) electrons. The Morgan fingerprint density at radius 3 is 2.65 bits per heavy atom. The third kappa shape index (κ3) is 3.19. The Morgan fingerprint density at radius 1 is 1.12 bits per heavy atom. The number of hydrogen-bond acceptors (Lipinski definition) is 3. The number of imidazole rings is 1. The first-order chi connectivity index (χ1) is 12.6. The van der Waals surface area contributed by atoms with E-state index in [0.29, 0.717) is 6.04 Å². The standard InChI is InChI=1S/C21H27N5/c1-16-21(17(2)24(3)23-16)19-10-7-12-25(19)15-20-22-11-13-26(20)14-18-8-5-4-6-9-18/h4-6,8-9,11,13,19H,7,10,12,14-15H2,1-3H3/t19-/m1/s1. The molecule has 5 nitrogen and oxygen atoms in total. The van der Waals surface area contributed by atoms with Gasteiger partial charge in [-0.15, -0.1) is 0 Å². The summed E-state index contributed by atoms with van der Waals surface area (Å²) in [4.78, 5) is 7.22. The molecule has 0 unspecified atom stereocenters. The van der Waals surface area contributed by atoms with E-state index in [1.54, 1.807) is 0 Å². The molecule has 26 heavy (non-hydrogen) atoms. The van der Waals surface area contributed by atoms with E-state index < -0.39 is 0 Å². The van der Waals surface area contributed by atoms with Crippen LogP contribution in [0, 0.1) is 13.8 Å². The first-order valence-electron chi connectivity index (χ1n) is 9.41. The lowest BCUT2D eigenvalue weighted by Crippen LogP contribution is -2.25. The van der Waals surface area contributed by atoms with Gasteiger partial charge in [0, 0.05) is 43.3 Å². The topological polar surface area (TPSA) is 38.9 Å². The molecule has 1 fully saturated rings. The van der Waals surface area contributed by atoms with E-state index in [1.807, 2.05) is 17.9 Å². The van der Waals surface area contributed by atoms with Gasteiger partial charge < -0.3 is 4.57 Å². The second-order valence-electron chi connectivity index (χ2n) is 7.29. The third-order valence-corrected chi connectivity index (χ3v) is 5.60. The Balaban J connectivity index is 1.55. The number of likely N-dealkylation sites (tertiary alicyclic amines) is 1. The average molecular weight is 349 g/mol. The maximum Gasteiger partial charge on any atom is 0.123 e. The van der Waals surface area contributed by atoms with E-state index in [9.17, 15) is 0 Å². The Kier molecular flexibility index (Phi) is 4.64. The zero-order valence-corrected chi connectivity index (χ0v) is 15.9. The molecule has 0 bridgehead atoms. The molecule has 0 saturated carbocycles. The third-order valence-electron chi connectivity index (χ3n) is 5.60. The van der Waals surface area contributed by atoms with Crippen LogP contribution < -0.4 is 0 Å². The fourth-order valence-electron chi connectivity index (χ4n) is 4.21. The zero-order valence-electron chi connectivity index (χ0n) is 15.9. The molecule has 0 spiro atoms. The lowest BCUT2D eigenvalue weighted by atomic mass is 10.0. The SMILES string of the molecule is Cc1nn(C)c(C)c1[C@H]1CCCN1Cc1nccn1Cc1ccccc1. The second-order valence-corrected chi connectivity index (χ2v) is 7.29. The van der Waals surface area contributed by atoms with Crippen LogP contribution in [0.1, 0.15) is 47.2 Å². The molecule has 3 aromatic rings. The first-order valence-corrected chi connectivity index (χ1v) is 9.41. The highest BCUT2D eigenvalue weighted by Crippen LogP contribution is 2.36. The minimum atomic E-state index is 0.450. The Labute approximate surface area is 155 Å². The maximum absolute atomic E-state index is 4.65. The number of nitrogens with zero attached hydrogens (tertiary/aromatic N) is 5. The van der Waals surface area contributed by atoms with E-state index in [0.717, 1.165) is 31.2 Å². The quantitative estimate of drug-likeness (QED) is 0.706. The summed E-state index contributed by atoms with van der Waals surface area (Å²) in [7, 11) is 2.04. The number of aryl methyl sites for hydroxylation is 2. The number of hydrogen-bond donors (Lipinski definition) is 0. The molecule has 136 valence electrons. The van der Waals surface area contributed by atoms with Crippen LogP contribution in [0.5, 0.6) is 0 Å². The van der Waals surface area contributed by atoms with Crippen molar-refractivity contribution in [1.82, 2.24) is 24.2 Å². The van der Waals surface area contributed by atoms with Gasteiger partial charge in [-0.3, -0.25) is 9.58 Å². The summed E-state index contributed by atoms with van der Waals surface area (Å²) in [5, 5.41) is 4.63. The largest absolute Gasteiger partial charge is 0.329 e. The lowest BCUT2D eigenvalue weighted by molar-refractivity contribution is 0.238. The van der Waals surface area contributed by atoms with Crippen molar-refractivity contribution >= 4 is 0 Å². The van der Waals surface area contributed by atoms with Crippen LogP contribution in [-0.4, -0.2) is 30.8 Å². The summed E-state index contributed by atoms with van der Waals surface area (Å²) >= 11 is 0. The molecule has 3 heterocycles. The first kappa shape index (κ1) is 17.0. The van der Waals surface area contributed by atoms with Crippen LogP contribution in [0.15, 0.2) is 42.7 Å². The molecule has 1 aliphatic heterocycles. The van der Waals surface area contributed by atoms with Gasteiger partial charge in [0.15, 0.2) is 0 Å². The fraction of sp³-hybridized carbons (Fsp3) is 0.429. The van der Waals surface area contributed by atoms with Gasteiger partial charge in [-0.05, 0) is 38.8 Å². The van der Waals surface area contributed by atoms with Gasteiger partial charge in [-0.25, -0.2) is 4.98 Å². The number of rotatable bonds is 5. The van der Waals surface area contributed by atoms with Gasteiger partial charge in [0.1, 0.15) is 5.82 Å². The molecular formula is C21H27N5. The Hall–Kier alpha value is -2.40. The Morgan fingerprint density at radius 2 is 1.92 bits per heavy atom. The number of benzene rings is 1. The molecule has 5 heteroatoms. The van der Waals surface area contributed by atoms with E-state index in [1.165, 1.54) is 29.7 Å². The van der Waals surface area contributed by atoms with Crippen LogP contribution in [0.4, 0.5) is 0 Å². The van der Waals surface area contributed by atoms with Gasteiger partial charge in [-0.1, -0.05) is 30.3 Å². The molecule has 1 saturated heterocycles. The summed E-state index contributed by atoms with van der Waals surface area (Å²) in [5.41, 5.74) is 5.16. The summed E-state index contributed by atoms with van der Waals surface area (Å²) in [6, 6.07) is 11.0. The van der Waals surface area contributed by atoms with Gasteiger partial charge >= 0.3 is 0 Å². The average Bonchev–Trinajstić information content (AvgIpc) is 3.32. The maximum atomic E-state index is 4.65. The van der Waals surface area contributed by atoms with Crippen molar-refractivity contribution in [3.63, 3.8) is 0 Å². The molecule has 4 rings (SSSR count). The van der Waals surface area contributed by atoms with Gasteiger partial charge in [-0.2, -0.15) is 5.10 Å². The summed E-state index contributed by atoms with van der Waals surface area (Å²) in [5.74, 6) is 1.14. The van der Waals surface area contributed by atoms with Crippen LogP contribution in [0.25, 0.3) is 0 Å². The normalized spacial score (nSPS) is 17.9. The molecule has 0 N–H and O–H groups in total. The summed E-state index contributed by atoms with van der Waals surface area (Å²) in [6.45, 7) is 7.20. The van der Waals surface area contributed by atoms with Gasteiger partial charge in [0.25, 0.3) is 0 Å². The lowest BCUT2D eigenvalue weighted by Gasteiger charge is -2.25. The fourth-order valence-corrected chi connectivity index (χ4v) is 4.21. The smallest absolute Gasteiger partial charge is 0.123 e. The van der Waals surface area contributed by atoms with E-state index in [-0.39, 0.29) is 0 Å². The Bertz CT molecular complexity index is 877. The van der Waals surface area contributed by atoms with E-state index >= 15 is 0 Å². The summed E-state index contributed by atoms with van der Waals surface area (Å²) < 4.78 is 4.28. The molecule has 1 aromatic carbocycles. The molecule has 2 aromatic heterocycles.